The number of sulfonamides is 1. The van der Waals surface area contributed by atoms with Gasteiger partial charge in [-0.3, -0.25) is 14.9 Å². The number of aromatic nitrogens is 4. The fourth-order valence-electron chi connectivity index (χ4n) is 1.57. The van der Waals surface area contributed by atoms with Crippen molar-refractivity contribution in [3.63, 3.8) is 0 Å². The van der Waals surface area contributed by atoms with E-state index in [1.807, 2.05) is 6.92 Å². The molecule has 2 rings (SSSR count). The molecule has 9 heteroatoms. The van der Waals surface area contributed by atoms with Gasteiger partial charge in [-0.25, -0.2) is 0 Å². The molecule has 0 bridgehead atoms. The molecule has 0 radical (unpaired) electrons. The molecule has 0 aliphatic rings. The Labute approximate surface area is 111 Å². The molecule has 2 aromatic rings. The third-order valence-corrected chi connectivity index (χ3v) is 3.83. The summed E-state index contributed by atoms with van der Waals surface area (Å²) in [5, 5.41) is 15.7. The van der Waals surface area contributed by atoms with Crippen LogP contribution in [-0.2, 0) is 16.6 Å². The van der Waals surface area contributed by atoms with Gasteiger partial charge in [-0.2, -0.15) is 18.6 Å². The molecule has 0 aromatic carbocycles. The van der Waals surface area contributed by atoms with E-state index in [9.17, 15) is 8.42 Å². The Morgan fingerprint density at radius 1 is 1.32 bits per heavy atom. The maximum absolute atomic E-state index is 12.2. The van der Waals surface area contributed by atoms with E-state index in [4.69, 9.17) is 0 Å². The fourth-order valence-corrected chi connectivity index (χ4v) is 2.74. The van der Waals surface area contributed by atoms with Gasteiger partial charge in [0.05, 0.1) is 18.1 Å². The summed E-state index contributed by atoms with van der Waals surface area (Å²) in [7, 11) is -3.68. The maximum Gasteiger partial charge on any atom is 0.279 e. The van der Waals surface area contributed by atoms with Crippen LogP contribution >= 0.6 is 0 Å². The summed E-state index contributed by atoms with van der Waals surface area (Å²) >= 11 is 0. The van der Waals surface area contributed by atoms with Crippen molar-refractivity contribution in [3.05, 3.63) is 24.2 Å². The van der Waals surface area contributed by atoms with Crippen LogP contribution < -0.4 is 10.0 Å². The maximum atomic E-state index is 12.2. The summed E-state index contributed by atoms with van der Waals surface area (Å²) in [6, 6.07) is 0. The van der Waals surface area contributed by atoms with Gasteiger partial charge in [0.25, 0.3) is 10.0 Å². The first kappa shape index (κ1) is 13.6. The molecule has 0 fully saturated rings. The molecule has 0 saturated carbocycles. The molecule has 0 atom stereocenters. The van der Waals surface area contributed by atoms with Crippen LogP contribution in [0.15, 0.2) is 23.6 Å². The van der Waals surface area contributed by atoms with E-state index in [1.165, 1.54) is 18.6 Å². The van der Waals surface area contributed by atoms with Crippen LogP contribution in [0.3, 0.4) is 0 Å². The van der Waals surface area contributed by atoms with Crippen molar-refractivity contribution >= 4 is 15.7 Å². The number of nitrogens with one attached hydrogen (secondary N) is 4. The third-order valence-electron chi connectivity index (χ3n) is 2.44. The van der Waals surface area contributed by atoms with E-state index >= 15 is 0 Å². The average Bonchev–Trinajstić information content (AvgIpc) is 3.00. The molecular formula is C10H16N6O2S. The number of nitrogens with zero attached hydrogens (tertiary/aromatic N) is 2. The van der Waals surface area contributed by atoms with E-state index in [1.54, 1.807) is 0 Å². The summed E-state index contributed by atoms with van der Waals surface area (Å²) in [6.45, 7) is 3.31. The predicted molar refractivity (Wildman–Crippen MR) is 70.0 cm³/mol. The monoisotopic (exact) mass is 284 g/mol. The highest BCUT2D eigenvalue weighted by molar-refractivity contribution is 7.92. The molecule has 0 spiro atoms. The lowest BCUT2D eigenvalue weighted by molar-refractivity contribution is 0.593. The van der Waals surface area contributed by atoms with Crippen LogP contribution in [0.5, 0.6) is 0 Å². The highest BCUT2D eigenvalue weighted by Gasteiger charge is 2.21. The lowest BCUT2D eigenvalue weighted by atomic mass is 10.3. The standard InChI is InChI=1S/C10H16N6O2S/c1-2-3-11-4-8-5-14-15-10(8)19(17,18)16-9-6-12-13-7-9/h5-7,11,16H,2-4H2,1H3,(H,12,13)(H,14,15). The van der Waals surface area contributed by atoms with E-state index < -0.39 is 10.0 Å². The Bertz CT molecular complexity index is 604. The zero-order valence-electron chi connectivity index (χ0n) is 10.5. The van der Waals surface area contributed by atoms with Gasteiger partial charge in [0.2, 0.25) is 0 Å². The van der Waals surface area contributed by atoms with E-state index in [0.717, 1.165) is 13.0 Å². The molecule has 0 unspecified atom stereocenters. The zero-order chi connectivity index (χ0) is 13.7. The van der Waals surface area contributed by atoms with Crippen molar-refractivity contribution in [1.82, 2.24) is 25.7 Å². The number of anilines is 1. The van der Waals surface area contributed by atoms with Gasteiger partial charge in [-0.1, -0.05) is 6.92 Å². The van der Waals surface area contributed by atoms with Gasteiger partial charge in [0.15, 0.2) is 5.03 Å². The van der Waals surface area contributed by atoms with Gasteiger partial charge in [-0.05, 0) is 13.0 Å². The number of H-pyrrole nitrogens is 2. The largest absolute Gasteiger partial charge is 0.313 e. The number of rotatable bonds is 7. The molecule has 8 nitrogen and oxygen atoms in total. The Balaban J connectivity index is 2.14. The molecular weight excluding hydrogens is 268 g/mol. The lowest BCUT2D eigenvalue weighted by Crippen LogP contribution is -2.19. The molecule has 0 saturated heterocycles. The summed E-state index contributed by atoms with van der Waals surface area (Å²) in [4.78, 5) is 0. The summed E-state index contributed by atoms with van der Waals surface area (Å²) < 4.78 is 26.7. The molecule has 0 aliphatic carbocycles. The fraction of sp³-hybridized carbons (Fsp3) is 0.400. The van der Waals surface area contributed by atoms with Crippen LogP contribution in [0.4, 0.5) is 5.69 Å². The second kappa shape index (κ2) is 5.85. The first-order valence-electron chi connectivity index (χ1n) is 5.88. The van der Waals surface area contributed by atoms with Crippen molar-refractivity contribution in [1.29, 1.82) is 0 Å². The van der Waals surface area contributed by atoms with Crippen LogP contribution in [0.1, 0.15) is 18.9 Å². The molecule has 19 heavy (non-hydrogen) atoms. The SMILES string of the molecule is CCCNCc1cn[nH]c1S(=O)(=O)Nc1cn[nH]c1. The number of aromatic amines is 2. The Hall–Kier alpha value is -1.87. The third kappa shape index (κ3) is 3.32. The highest BCUT2D eigenvalue weighted by atomic mass is 32.2. The summed E-state index contributed by atoms with van der Waals surface area (Å²) in [5.41, 5.74) is 0.978. The molecule has 2 aromatic heterocycles. The smallest absolute Gasteiger partial charge is 0.279 e. The van der Waals surface area contributed by atoms with Crippen LogP contribution in [-0.4, -0.2) is 35.4 Å². The van der Waals surface area contributed by atoms with E-state index in [2.05, 4.69) is 30.4 Å². The molecule has 2 heterocycles. The molecule has 104 valence electrons. The van der Waals surface area contributed by atoms with Gasteiger partial charge in [0, 0.05) is 18.3 Å². The second-order valence-electron chi connectivity index (χ2n) is 3.99. The van der Waals surface area contributed by atoms with E-state index in [0.29, 0.717) is 17.8 Å². The Morgan fingerprint density at radius 3 is 2.84 bits per heavy atom. The Morgan fingerprint density at radius 2 is 2.16 bits per heavy atom. The van der Waals surface area contributed by atoms with Crippen molar-refractivity contribution < 1.29 is 8.42 Å². The van der Waals surface area contributed by atoms with Gasteiger partial charge >= 0.3 is 0 Å². The van der Waals surface area contributed by atoms with Crippen molar-refractivity contribution in [3.8, 4) is 0 Å². The van der Waals surface area contributed by atoms with Gasteiger partial charge < -0.3 is 5.32 Å². The normalized spacial score (nSPS) is 11.6. The van der Waals surface area contributed by atoms with Crippen molar-refractivity contribution in [2.45, 2.75) is 24.9 Å². The number of hydrogen-bond acceptors (Lipinski definition) is 5. The molecule has 0 amide bonds. The highest BCUT2D eigenvalue weighted by Crippen LogP contribution is 2.16. The van der Waals surface area contributed by atoms with Crippen molar-refractivity contribution in [2.24, 2.45) is 0 Å². The van der Waals surface area contributed by atoms with Gasteiger partial charge in [0.1, 0.15) is 0 Å². The zero-order valence-corrected chi connectivity index (χ0v) is 11.3. The van der Waals surface area contributed by atoms with Crippen LogP contribution in [0.25, 0.3) is 0 Å². The van der Waals surface area contributed by atoms with Crippen LogP contribution in [0.2, 0.25) is 0 Å². The first-order chi connectivity index (χ1) is 9.13. The molecule has 4 N–H and O–H groups in total. The van der Waals surface area contributed by atoms with Crippen LogP contribution in [0, 0.1) is 0 Å². The lowest BCUT2D eigenvalue weighted by Gasteiger charge is -2.06. The quantitative estimate of drug-likeness (QED) is 0.550. The van der Waals surface area contributed by atoms with Gasteiger partial charge in [-0.15, -0.1) is 0 Å². The summed E-state index contributed by atoms with van der Waals surface area (Å²) in [6.07, 6.45) is 5.34. The first-order valence-corrected chi connectivity index (χ1v) is 7.36. The predicted octanol–water partition coefficient (Wildman–Crippen LogP) is 0.433. The Kier molecular flexibility index (Phi) is 4.17. The van der Waals surface area contributed by atoms with E-state index in [-0.39, 0.29) is 5.03 Å². The topological polar surface area (TPSA) is 116 Å². The van der Waals surface area contributed by atoms with Crippen molar-refractivity contribution in [2.75, 3.05) is 11.3 Å². The molecule has 0 aliphatic heterocycles. The minimum Gasteiger partial charge on any atom is -0.313 e. The number of hydrogen-bond donors (Lipinski definition) is 4. The minimum atomic E-state index is -3.68. The average molecular weight is 284 g/mol. The minimum absolute atomic E-state index is 0.0669. The second-order valence-corrected chi connectivity index (χ2v) is 5.61. The summed E-state index contributed by atoms with van der Waals surface area (Å²) in [5.74, 6) is 0.